The summed E-state index contributed by atoms with van der Waals surface area (Å²) in [5, 5.41) is 0. The lowest BCUT2D eigenvalue weighted by Crippen LogP contribution is -2.41. The van der Waals surface area contributed by atoms with E-state index in [1.54, 1.807) is 0 Å². The Morgan fingerprint density at radius 3 is 1.79 bits per heavy atom. The Labute approximate surface area is 105 Å². The van der Waals surface area contributed by atoms with Gasteiger partial charge in [0.2, 0.25) is 0 Å². The molecule has 0 radical (unpaired) electrons. The Bertz CT molecular complexity index is 343. The summed E-state index contributed by atoms with van der Waals surface area (Å²) in [5.74, 6) is -7.44. The number of esters is 2. The number of carbonyl (C=O) groups excluding carboxylic acids is 2. The van der Waals surface area contributed by atoms with Crippen LogP contribution in [0.4, 0.5) is 22.0 Å². The maximum absolute atomic E-state index is 12.4. The van der Waals surface area contributed by atoms with Crippen LogP contribution in [0.25, 0.3) is 0 Å². The molecule has 0 fully saturated rings. The molecule has 0 aliphatic rings. The van der Waals surface area contributed by atoms with Crippen LogP contribution in [0.5, 0.6) is 0 Å². The maximum atomic E-state index is 12.4. The van der Waals surface area contributed by atoms with Crippen LogP contribution in [-0.2, 0) is 19.1 Å². The summed E-state index contributed by atoms with van der Waals surface area (Å²) < 4.78 is 68.0. The van der Waals surface area contributed by atoms with E-state index in [0.717, 1.165) is 0 Å². The van der Waals surface area contributed by atoms with Gasteiger partial charge in [0.1, 0.15) is 0 Å². The lowest BCUT2D eigenvalue weighted by atomic mass is 9.97. The van der Waals surface area contributed by atoms with Gasteiger partial charge >= 0.3 is 24.0 Å². The first-order valence-electron chi connectivity index (χ1n) is 5.05. The van der Waals surface area contributed by atoms with E-state index < -0.39 is 42.7 Å². The minimum atomic E-state index is -5.81. The summed E-state index contributed by atoms with van der Waals surface area (Å²) in [6.45, 7) is 1.24. The second-order valence-corrected chi connectivity index (χ2v) is 4.69. The fourth-order valence-electron chi connectivity index (χ4n) is 0.636. The van der Waals surface area contributed by atoms with Crippen molar-refractivity contribution in [2.75, 3.05) is 13.2 Å². The summed E-state index contributed by atoms with van der Waals surface area (Å²) in [4.78, 5) is 22.0. The highest BCUT2D eigenvalue weighted by Gasteiger charge is 2.58. The molecule has 0 heterocycles. The number of alkyl halides is 5. The van der Waals surface area contributed by atoms with Crippen molar-refractivity contribution in [2.24, 2.45) is 5.41 Å². The largest absolute Gasteiger partial charge is 0.456 e. The lowest BCUT2D eigenvalue weighted by molar-refractivity contribution is -0.294. The lowest BCUT2D eigenvalue weighted by Gasteiger charge is -2.19. The summed E-state index contributed by atoms with van der Waals surface area (Å²) in [6, 6.07) is 0. The molecule has 0 N–H and O–H groups in total. The molecule has 4 nitrogen and oxygen atoms in total. The van der Waals surface area contributed by atoms with E-state index in [2.05, 4.69) is 9.47 Å². The molecule has 19 heavy (non-hydrogen) atoms. The smallest absolute Gasteiger partial charge is 0.456 e. The van der Waals surface area contributed by atoms with Crippen LogP contribution in [0, 0.1) is 5.41 Å². The molecule has 0 bridgehead atoms. The first-order valence-corrected chi connectivity index (χ1v) is 5.05. The van der Waals surface area contributed by atoms with Crippen LogP contribution in [-0.4, -0.2) is 37.3 Å². The molecule has 0 unspecified atom stereocenters. The van der Waals surface area contributed by atoms with Crippen LogP contribution in [0.2, 0.25) is 0 Å². The Kier molecular flexibility index (Phi) is 5.28. The van der Waals surface area contributed by atoms with Crippen molar-refractivity contribution in [3.05, 3.63) is 0 Å². The monoisotopic (exact) mass is 292 g/mol. The van der Waals surface area contributed by atoms with Gasteiger partial charge in [0, 0.05) is 0 Å². The predicted molar refractivity (Wildman–Crippen MR) is 52.4 cm³/mol. The van der Waals surface area contributed by atoms with Crippen molar-refractivity contribution in [3.63, 3.8) is 0 Å². The number of halogens is 5. The Balaban J connectivity index is 4.19. The number of ether oxygens (including phenoxy) is 2. The molecule has 0 aliphatic heterocycles. The van der Waals surface area contributed by atoms with Gasteiger partial charge in [-0.15, -0.1) is 0 Å². The van der Waals surface area contributed by atoms with Crippen molar-refractivity contribution in [3.8, 4) is 0 Å². The zero-order valence-corrected chi connectivity index (χ0v) is 10.4. The van der Waals surface area contributed by atoms with Crippen LogP contribution in [0.1, 0.15) is 20.8 Å². The summed E-state index contributed by atoms with van der Waals surface area (Å²) in [7, 11) is 0. The molecular formula is C10H13F5O4. The quantitative estimate of drug-likeness (QED) is 0.589. The maximum Gasteiger partial charge on any atom is 0.456 e. The van der Waals surface area contributed by atoms with Gasteiger partial charge in [-0.05, 0) is 20.8 Å². The van der Waals surface area contributed by atoms with Crippen molar-refractivity contribution in [2.45, 2.75) is 32.9 Å². The van der Waals surface area contributed by atoms with E-state index in [0.29, 0.717) is 0 Å². The van der Waals surface area contributed by atoms with E-state index in [4.69, 9.17) is 0 Å². The molecule has 112 valence electrons. The molecule has 0 aromatic rings. The molecule has 9 heteroatoms. The molecule has 0 rings (SSSR count). The summed E-state index contributed by atoms with van der Waals surface area (Å²) >= 11 is 0. The molecule has 0 aliphatic carbocycles. The Morgan fingerprint density at radius 1 is 0.947 bits per heavy atom. The average molecular weight is 292 g/mol. The summed E-state index contributed by atoms with van der Waals surface area (Å²) in [6.07, 6.45) is -5.81. The van der Waals surface area contributed by atoms with Crippen molar-refractivity contribution in [1.82, 2.24) is 0 Å². The topological polar surface area (TPSA) is 52.6 Å². The third-order valence-electron chi connectivity index (χ3n) is 1.76. The molecule has 0 atom stereocenters. The fraction of sp³-hybridized carbons (Fsp3) is 0.800. The normalized spacial score (nSPS) is 13.1. The number of hydrogen-bond donors (Lipinski definition) is 0. The molecule has 0 saturated carbocycles. The third kappa shape index (κ3) is 5.84. The Morgan fingerprint density at radius 2 is 1.42 bits per heavy atom. The highest BCUT2D eigenvalue weighted by atomic mass is 19.4. The second-order valence-electron chi connectivity index (χ2n) is 4.69. The highest BCUT2D eigenvalue weighted by molar-refractivity contribution is 5.79. The first-order chi connectivity index (χ1) is 8.27. The van der Waals surface area contributed by atoms with Gasteiger partial charge in [0.05, 0.1) is 5.41 Å². The van der Waals surface area contributed by atoms with Crippen molar-refractivity contribution in [1.29, 1.82) is 0 Å². The standard InChI is InChI=1S/C10H13F5O4/c1-8(2,3)7(17)18-4-6(16)19-5-9(11,12)10(13,14)15/h4-5H2,1-3H3. The first kappa shape index (κ1) is 17.6. The van der Waals surface area contributed by atoms with E-state index in [1.807, 2.05) is 0 Å². The van der Waals surface area contributed by atoms with E-state index in [9.17, 15) is 31.5 Å². The molecule has 0 saturated heterocycles. The minimum Gasteiger partial charge on any atom is -0.456 e. The minimum absolute atomic E-state index is 0.813. The van der Waals surface area contributed by atoms with Gasteiger partial charge in [-0.3, -0.25) is 4.79 Å². The highest BCUT2D eigenvalue weighted by Crippen LogP contribution is 2.35. The Hall–Kier alpha value is -1.41. The molecular weight excluding hydrogens is 279 g/mol. The van der Waals surface area contributed by atoms with E-state index >= 15 is 0 Å². The van der Waals surface area contributed by atoms with Crippen LogP contribution >= 0.6 is 0 Å². The van der Waals surface area contributed by atoms with Crippen LogP contribution in [0.15, 0.2) is 0 Å². The van der Waals surface area contributed by atoms with Gasteiger partial charge in [0.15, 0.2) is 13.2 Å². The molecule has 0 amide bonds. The summed E-state index contributed by atoms with van der Waals surface area (Å²) in [5.41, 5.74) is -0.934. The average Bonchev–Trinajstić information content (AvgIpc) is 2.20. The van der Waals surface area contributed by atoms with Gasteiger partial charge in [-0.25, -0.2) is 4.79 Å². The number of hydrogen-bond acceptors (Lipinski definition) is 4. The SMILES string of the molecule is CC(C)(C)C(=O)OCC(=O)OCC(F)(F)C(F)(F)F. The van der Waals surface area contributed by atoms with Crippen molar-refractivity contribution >= 4 is 11.9 Å². The zero-order chi connectivity index (χ0) is 15.5. The molecule has 0 spiro atoms. The number of carbonyl (C=O) groups is 2. The fourth-order valence-corrected chi connectivity index (χ4v) is 0.636. The van der Waals surface area contributed by atoms with Crippen LogP contribution in [0.3, 0.4) is 0 Å². The van der Waals surface area contributed by atoms with Gasteiger partial charge < -0.3 is 9.47 Å². The number of rotatable bonds is 4. The molecule has 0 aromatic heterocycles. The van der Waals surface area contributed by atoms with Crippen molar-refractivity contribution < 1.29 is 41.0 Å². The predicted octanol–water partition coefficient (Wildman–Crippen LogP) is 2.32. The second kappa shape index (κ2) is 5.70. The zero-order valence-electron chi connectivity index (χ0n) is 10.4. The van der Waals surface area contributed by atoms with Crippen LogP contribution < -0.4 is 0 Å². The van der Waals surface area contributed by atoms with Gasteiger partial charge in [-0.1, -0.05) is 0 Å². The van der Waals surface area contributed by atoms with Gasteiger partial charge in [0.25, 0.3) is 0 Å². The van der Waals surface area contributed by atoms with E-state index in [1.165, 1.54) is 20.8 Å². The third-order valence-corrected chi connectivity index (χ3v) is 1.76. The molecule has 0 aromatic carbocycles. The van der Waals surface area contributed by atoms with E-state index in [-0.39, 0.29) is 0 Å². The van der Waals surface area contributed by atoms with Gasteiger partial charge in [-0.2, -0.15) is 22.0 Å².